The number of nitrogens with one attached hydrogen (secondary N) is 1. The molecule has 1 saturated heterocycles. The van der Waals surface area contributed by atoms with Gasteiger partial charge in [-0.1, -0.05) is 13.3 Å². The van der Waals surface area contributed by atoms with Crippen LogP contribution in [0.25, 0.3) is 0 Å². The van der Waals surface area contributed by atoms with Crippen LogP contribution in [0.1, 0.15) is 52.4 Å². The predicted octanol–water partition coefficient (Wildman–Crippen LogP) is 1.71. The van der Waals surface area contributed by atoms with E-state index in [2.05, 4.69) is 5.32 Å². The Labute approximate surface area is 108 Å². The van der Waals surface area contributed by atoms with Gasteiger partial charge < -0.3 is 15.2 Å². The molecule has 1 fully saturated rings. The average Bonchev–Trinajstić information content (AvgIpc) is 2.79. The Bertz CT molecular complexity index is 299. The minimum absolute atomic E-state index is 0.165. The molecule has 5 heteroatoms. The summed E-state index contributed by atoms with van der Waals surface area (Å²) in [4.78, 5) is 22.9. The molecule has 1 rings (SSSR count). The van der Waals surface area contributed by atoms with Gasteiger partial charge in [-0.15, -0.1) is 0 Å². The van der Waals surface area contributed by atoms with E-state index in [0.29, 0.717) is 19.3 Å². The zero-order valence-corrected chi connectivity index (χ0v) is 11.2. The second kappa shape index (κ2) is 6.73. The fourth-order valence-corrected chi connectivity index (χ4v) is 2.26. The second-order valence-electron chi connectivity index (χ2n) is 5.11. The first kappa shape index (κ1) is 15.0. The Hall–Kier alpha value is -1.10. The summed E-state index contributed by atoms with van der Waals surface area (Å²) in [5, 5.41) is 11.8. The molecular formula is C13H23NO4. The van der Waals surface area contributed by atoms with Crippen molar-refractivity contribution in [1.82, 2.24) is 5.32 Å². The van der Waals surface area contributed by atoms with Gasteiger partial charge in [-0.3, -0.25) is 4.79 Å². The first-order chi connectivity index (χ1) is 8.48. The Kier molecular flexibility index (Phi) is 5.59. The van der Waals surface area contributed by atoms with E-state index in [1.54, 1.807) is 6.92 Å². The van der Waals surface area contributed by atoms with Gasteiger partial charge in [0.2, 0.25) is 5.91 Å². The first-order valence-corrected chi connectivity index (χ1v) is 6.64. The third-order valence-electron chi connectivity index (χ3n) is 3.35. The maximum Gasteiger partial charge on any atom is 0.329 e. The lowest BCUT2D eigenvalue weighted by atomic mass is 9.96. The van der Waals surface area contributed by atoms with Crippen LogP contribution in [-0.4, -0.2) is 35.2 Å². The highest BCUT2D eigenvalue weighted by Gasteiger charge is 2.33. The molecule has 0 aromatic heterocycles. The van der Waals surface area contributed by atoms with E-state index in [1.165, 1.54) is 0 Å². The molecule has 0 bridgehead atoms. The van der Waals surface area contributed by atoms with Crippen molar-refractivity contribution >= 4 is 11.9 Å². The smallest absolute Gasteiger partial charge is 0.329 e. The molecule has 0 radical (unpaired) electrons. The summed E-state index contributed by atoms with van der Waals surface area (Å²) < 4.78 is 5.43. The number of aliphatic carboxylic acids is 1. The van der Waals surface area contributed by atoms with Crippen molar-refractivity contribution in [1.29, 1.82) is 0 Å². The van der Waals surface area contributed by atoms with Gasteiger partial charge in [0, 0.05) is 13.0 Å². The van der Waals surface area contributed by atoms with Crippen molar-refractivity contribution < 1.29 is 19.4 Å². The fourth-order valence-electron chi connectivity index (χ4n) is 2.26. The van der Waals surface area contributed by atoms with E-state index in [4.69, 9.17) is 9.84 Å². The van der Waals surface area contributed by atoms with Gasteiger partial charge in [0.15, 0.2) is 0 Å². The van der Waals surface area contributed by atoms with Crippen LogP contribution in [0.15, 0.2) is 0 Å². The number of ether oxygens (including phenoxy) is 1. The number of rotatable bonds is 7. The number of hydrogen-bond acceptors (Lipinski definition) is 3. The van der Waals surface area contributed by atoms with Crippen LogP contribution in [-0.2, 0) is 14.3 Å². The maximum absolute atomic E-state index is 11.8. The monoisotopic (exact) mass is 257 g/mol. The SMILES string of the molecule is CCCC(C)(NC(=O)CCC1CCCO1)C(=O)O. The standard InChI is InChI=1S/C13H23NO4/c1-3-8-13(2,12(16)17)14-11(15)7-6-10-5-4-9-18-10/h10H,3-9H2,1-2H3,(H,14,15)(H,16,17). The zero-order valence-electron chi connectivity index (χ0n) is 11.2. The highest BCUT2D eigenvalue weighted by Crippen LogP contribution is 2.18. The second-order valence-corrected chi connectivity index (χ2v) is 5.11. The van der Waals surface area contributed by atoms with Crippen molar-refractivity contribution in [3.8, 4) is 0 Å². The van der Waals surface area contributed by atoms with E-state index in [0.717, 1.165) is 25.9 Å². The molecule has 0 saturated carbocycles. The Morgan fingerprint density at radius 2 is 2.22 bits per heavy atom. The van der Waals surface area contributed by atoms with Crippen LogP contribution in [0.2, 0.25) is 0 Å². The molecule has 18 heavy (non-hydrogen) atoms. The fraction of sp³-hybridized carbons (Fsp3) is 0.846. The number of amides is 1. The van der Waals surface area contributed by atoms with Crippen LogP contribution in [0.4, 0.5) is 0 Å². The third kappa shape index (κ3) is 4.29. The van der Waals surface area contributed by atoms with Crippen LogP contribution in [0, 0.1) is 0 Å². The average molecular weight is 257 g/mol. The van der Waals surface area contributed by atoms with Crippen LogP contribution in [0.3, 0.4) is 0 Å². The first-order valence-electron chi connectivity index (χ1n) is 6.64. The molecule has 1 aliphatic heterocycles. The molecule has 0 aromatic carbocycles. The Morgan fingerprint density at radius 3 is 2.72 bits per heavy atom. The third-order valence-corrected chi connectivity index (χ3v) is 3.35. The summed E-state index contributed by atoms with van der Waals surface area (Å²) in [5.41, 5.74) is -1.15. The molecule has 104 valence electrons. The van der Waals surface area contributed by atoms with Crippen molar-refractivity contribution in [2.24, 2.45) is 0 Å². The quantitative estimate of drug-likeness (QED) is 0.728. The largest absolute Gasteiger partial charge is 0.480 e. The molecular weight excluding hydrogens is 234 g/mol. The molecule has 2 atom stereocenters. The predicted molar refractivity (Wildman–Crippen MR) is 67.3 cm³/mol. The van der Waals surface area contributed by atoms with Gasteiger partial charge in [0.05, 0.1) is 6.10 Å². The lowest BCUT2D eigenvalue weighted by Gasteiger charge is -2.26. The lowest BCUT2D eigenvalue weighted by Crippen LogP contribution is -2.52. The summed E-state index contributed by atoms with van der Waals surface area (Å²) >= 11 is 0. The highest BCUT2D eigenvalue weighted by atomic mass is 16.5. The van der Waals surface area contributed by atoms with Gasteiger partial charge >= 0.3 is 5.97 Å². The Morgan fingerprint density at radius 1 is 1.50 bits per heavy atom. The van der Waals surface area contributed by atoms with Crippen LogP contribution < -0.4 is 5.32 Å². The van der Waals surface area contributed by atoms with Crippen molar-refractivity contribution in [2.45, 2.75) is 64.0 Å². The van der Waals surface area contributed by atoms with E-state index >= 15 is 0 Å². The van der Waals surface area contributed by atoms with Gasteiger partial charge in [-0.2, -0.15) is 0 Å². The van der Waals surface area contributed by atoms with E-state index in [-0.39, 0.29) is 12.0 Å². The van der Waals surface area contributed by atoms with Crippen molar-refractivity contribution in [3.05, 3.63) is 0 Å². The summed E-state index contributed by atoms with van der Waals surface area (Å²) in [7, 11) is 0. The maximum atomic E-state index is 11.8. The molecule has 0 aromatic rings. The highest BCUT2D eigenvalue weighted by molar-refractivity contribution is 5.86. The van der Waals surface area contributed by atoms with Crippen molar-refractivity contribution in [3.63, 3.8) is 0 Å². The minimum atomic E-state index is -1.15. The van der Waals surface area contributed by atoms with Crippen LogP contribution in [0.5, 0.6) is 0 Å². The van der Waals surface area contributed by atoms with E-state index in [1.807, 2.05) is 6.92 Å². The van der Waals surface area contributed by atoms with Gasteiger partial charge in [-0.05, 0) is 32.6 Å². The number of carbonyl (C=O) groups excluding carboxylic acids is 1. The van der Waals surface area contributed by atoms with Gasteiger partial charge in [0.25, 0.3) is 0 Å². The van der Waals surface area contributed by atoms with Crippen molar-refractivity contribution in [2.75, 3.05) is 6.61 Å². The molecule has 0 aliphatic carbocycles. The summed E-state index contributed by atoms with van der Waals surface area (Å²) in [6.45, 7) is 4.23. The zero-order chi connectivity index (χ0) is 13.6. The number of carbonyl (C=O) groups is 2. The number of hydrogen-bond donors (Lipinski definition) is 2. The molecule has 5 nitrogen and oxygen atoms in total. The van der Waals surface area contributed by atoms with E-state index in [9.17, 15) is 9.59 Å². The number of carboxylic acid groups (broad SMARTS) is 1. The minimum Gasteiger partial charge on any atom is -0.480 e. The molecule has 1 heterocycles. The number of carboxylic acids is 1. The molecule has 1 aliphatic rings. The van der Waals surface area contributed by atoms with Gasteiger partial charge in [0.1, 0.15) is 5.54 Å². The topological polar surface area (TPSA) is 75.6 Å². The molecule has 2 unspecified atom stereocenters. The Balaban J connectivity index is 2.38. The molecule has 0 spiro atoms. The summed E-state index contributed by atoms with van der Waals surface area (Å²) in [6.07, 6.45) is 4.37. The van der Waals surface area contributed by atoms with Gasteiger partial charge in [-0.25, -0.2) is 4.79 Å². The molecule has 2 N–H and O–H groups in total. The molecule has 1 amide bonds. The van der Waals surface area contributed by atoms with Crippen LogP contribution >= 0.6 is 0 Å². The normalized spacial score (nSPS) is 22.4. The summed E-state index contributed by atoms with van der Waals surface area (Å²) in [6, 6.07) is 0. The summed E-state index contributed by atoms with van der Waals surface area (Å²) in [5.74, 6) is -1.18. The lowest BCUT2D eigenvalue weighted by molar-refractivity contribution is -0.147. The van der Waals surface area contributed by atoms with E-state index < -0.39 is 11.5 Å².